The van der Waals surface area contributed by atoms with Crippen molar-refractivity contribution in [3.8, 4) is 0 Å². The number of fused-ring (bicyclic) bond motifs is 2. The number of hydrogen-bond donors (Lipinski definition) is 3. The maximum Gasteiger partial charge on any atom is 0.307 e. The first-order valence-electron chi connectivity index (χ1n) is 8.59. The van der Waals surface area contributed by atoms with Crippen LogP contribution in [0.25, 0.3) is 0 Å². The predicted octanol–water partition coefficient (Wildman–Crippen LogP) is 2.41. The van der Waals surface area contributed by atoms with Crippen molar-refractivity contribution in [3.05, 3.63) is 48.0 Å². The number of nitrogens with zero attached hydrogens (tertiary/aromatic N) is 1. The highest BCUT2D eigenvalue weighted by atomic mass is 32.2. The van der Waals surface area contributed by atoms with E-state index in [9.17, 15) is 23.1 Å². The van der Waals surface area contributed by atoms with E-state index in [-0.39, 0.29) is 27.8 Å². The van der Waals surface area contributed by atoms with E-state index in [4.69, 9.17) is 0 Å². The van der Waals surface area contributed by atoms with E-state index in [1.807, 2.05) is 12.2 Å². The van der Waals surface area contributed by atoms with Gasteiger partial charge in [-0.3, -0.25) is 14.3 Å². The van der Waals surface area contributed by atoms with E-state index < -0.39 is 27.8 Å². The Morgan fingerprint density at radius 3 is 2.39 bits per heavy atom. The second-order valence-electron chi connectivity index (χ2n) is 6.79. The first-order valence-corrected chi connectivity index (χ1v) is 11.0. The van der Waals surface area contributed by atoms with Crippen molar-refractivity contribution in [2.45, 2.75) is 11.3 Å². The number of amides is 1. The SMILES string of the molecule is O=C(Nc1ccc(S(=O)(=O)Nc2nccs2)cc1)[C@@H]1[C@H](C(=O)O)[C@H]2C=C[C@H]1C2. The Morgan fingerprint density at radius 2 is 1.79 bits per heavy atom. The molecular formula is C18H17N3O5S2. The Bertz CT molecular complexity index is 1030. The molecule has 2 aliphatic carbocycles. The second-order valence-corrected chi connectivity index (χ2v) is 9.37. The van der Waals surface area contributed by atoms with Gasteiger partial charge in [0.2, 0.25) is 5.91 Å². The van der Waals surface area contributed by atoms with Crippen LogP contribution in [0.2, 0.25) is 0 Å². The molecule has 1 heterocycles. The predicted molar refractivity (Wildman–Crippen MR) is 103 cm³/mol. The van der Waals surface area contributed by atoms with Gasteiger partial charge in [0.1, 0.15) is 0 Å². The van der Waals surface area contributed by atoms with Crippen LogP contribution in [-0.2, 0) is 19.6 Å². The van der Waals surface area contributed by atoms with Crippen LogP contribution in [0.1, 0.15) is 6.42 Å². The van der Waals surface area contributed by atoms with E-state index in [1.165, 1.54) is 41.8 Å². The van der Waals surface area contributed by atoms with Crippen molar-refractivity contribution in [3.63, 3.8) is 0 Å². The zero-order valence-corrected chi connectivity index (χ0v) is 16.1. The Hall–Kier alpha value is -2.72. The fraction of sp³-hybridized carbons (Fsp3) is 0.278. The van der Waals surface area contributed by atoms with Gasteiger partial charge in [0.05, 0.1) is 16.7 Å². The van der Waals surface area contributed by atoms with Crippen LogP contribution < -0.4 is 10.0 Å². The van der Waals surface area contributed by atoms with Crippen molar-refractivity contribution in [1.29, 1.82) is 0 Å². The molecule has 0 spiro atoms. The minimum Gasteiger partial charge on any atom is -0.481 e. The van der Waals surface area contributed by atoms with Gasteiger partial charge in [-0.1, -0.05) is 12.2 Å². The van der Waals surface area contributed by atoms with Gasteiger partial charge in [-0.15, -0.1) is 11.3 Å². The smallest absolute Gasteiger partial charge is 0.307 e. The third-order valence-electron chi connectivity index (χ3n) is 5.13. The fourth-order valence-corrected chi connectivity index (χ4v) is 5.70. The van der Waals surface area contributed by atoms with Crippen molar-refractivity contribution >= 4 is 44.1 Å². The highest BCUT2D eigenvalue weighted by Gasteiger charge is 2.51. The molecule has 28 heavy (non-hydrogen) atoms. The Kier molecular flexibility index (Phi) is 4.68. The fourth-order valence-electron chi connectivity index (χ4n) is 3.91. The summed E-state index contributed by atoms with van der Waals surface area (Å²) in [5.41, 5.74) is 0.411. The van der Waals surface area contributed by atoms with Crippen LogP contribution in [0.5, 0.6) is 0 Å². The monoisotopic (exact) mass is 419 g/mol. The lowest BCUT2D eigenvalue weighted by Crippen LogP contribution is -2.36. The molecule has 2 aliphatic rings. The molecule has 3 N–H and O–H groups in total. The van der Waals surface area contributed by atoms with Crippen LogP contribution in [0.3, 0.4) is 0 Å². The lowest BCUT2D eigenvalue weighted by molar-refractivity contribution is -0.146. The Balaban J connectivity index is 1.47. The van der Waals surface area contributed by atoms with Gasteiger partial charge in [-0.25, -0.2) is 13.4 Å². The summed E-state index contributed by atoms with van der Waals surface area (Å²) in [5.74, 6) is -2.86. The average molecular weight is 419 g/mol. The number of benzene rings is 1. The Morgan fingerprint density at radius 1 is 1.11 bits per heavy atom. The Labute approximate surface area is 165 Å². The van der Waals surface area contributed by atoms with E-state index in [2.05, 4.69) is 15.0 Å². The molecule has 0 unspecified atom stereocenters. The zero-order valence-electron chi connectivity index (χ0n) is 14.5. The summed E-state index contributed by atoms with van der Waals surface area (Å²) in [5, 5.41) is 14.1. The summed E-state index contributed by atoms with van der Waals surface area (Å²) < 4.78 is 27.1. The molecule has 4 rings (SSSR count). The van der Waals surface area contributed by atoms with Gasteiger partial charge in [-0.05, 0) is 42.5 Å². The number of anilines is 2. The molecule has 1 aromatic carbocycles. The summed E-state index contributed by atoms with van der Waals surface area (Å²) >= 11 is 1.17. The third-order valence-corrected chi connectivity index (χ3v) is 7.31. The zero-order chi connectivity index (χ0) is 19.9. The number of aliphatic carboxylic acids is 1. The molecule has 10 heteroatoms. The summed E-state index contributed by atoms with van der Waals surface area (Å²) in [7, 11) is -3.77. The van der Waals surface area contributed by atoms with Crippen LogP contribution in [0.15, 0.2) is 52.9 Å². The molecule has 2 aromatic rings. The van der Waals surface area contributed by atoms with E-state index in [0.717, 1.165) is 0 Å². The van der Waals surface area contributed by atoms with E-state index in [0.29, 0.717) is 12.1 Å². The standard InChI is InChI=1S/C18H17N3O5S2/c22-16(14-10-1-2-11(9-10)15(14)17(23)24)20-12-3-5-13(6-4-12)28(25,26)21-18-19-7-8-27-18/h1-8,10-11,14-15H,9H2,(H,19,21)(H,20,22)(H,23,24)/t10-,11-,14-,15+/m0/s1. The first kappa shape index (κ1) is 18.6. The molecule has 0 radical (unpaired) electrons. The van der Waals surface area contributed by atoms with Gasteiger partial charge in [0.15, 0.2) is 5.13 Å². The summed E-state index contributed by atoms with van der Waals surface area (Å²) in [6, 6.07) is 5.71. The quantitative estimate of drug-likeness (QED) is 0.618. The number of allylic oxidation sites excluding steroid dienone is 2. The number of hydrogen-bond acceptors (Lipinski definition) is 6. The van der Waals surface area contributed by atoms with Crippen molar-refractivity contribution < 1.29 is 23.1 Å². The van der Waals surface area contributed by atoms with Crippen molar-refractivity contribution in [2.24, 2.45) is 23.7 Å². The lowest BCUT2D eigenvalue weighted by atomic mass is 9.82. The van der Waals surface area contributed by atoms with E-state index in [1.54, 1.807) is 5.38 Å². The molecule has 0 saturated heterocycles. The number of carboxylic acids is 1. The number of rotatable bonds is 6. The maximum absolute atomic E-state index is 12.7. The topological polar surface area (TPSA) is 125 Å². The van der Waals surface area contributed by atoms with Crippen molar-refractivity contribution in [2.75, 3.05) is 10.0 Å². The van der Waals surface area contributed by atoms with Crippen LogP contribution in [0, 0.1) is 23.7 Å². The van der Waals surface area contributed by atoms with Gasteiger partial charge in [0.25, 0.3) is 10.0 Å². The highest BCUT2D eigenvalue weighted by Crippen LogP contribution is 2.48. The first-order chi connectivity index (χ1) is 13.3. The van der Waals surface area contributed by atoms with Gasteiger partial charge >= 0.3 is 5.97 Å². The number of aromatic nitrogens is 1. The van der Waals surface area contributed by atoms with E-state index >= 15 is 0 Å². The molecule has 1 fully saturated rings. The molecule has 2 bridgehead atoms. The number of carbonyl (C=O) groups excluding carboxylic acids is 1. The number of sulfonamides is 1. The van der Waals surface area contributed by atoms with Gasteiger partial charge < -0.3 is 10.4 Å². The maximum atomic E-state index is 12.7. The molecule has 4 atom stereocenters. The van der Waals surface area contributed by atoms with Gasteiger partial charge in [-0.2, -0.15) is 0 Å². The molecule has 1 amide bonds. The van der Waals surface area contributed by atoms with Gasteiger partial charge in [0, 0.05) is 17.3 Å². The number of thiazole rings is 1. The summed E-state index contributed by atoms with van der Waals surface area (Å²) in [4.78, 5) is 28.1. The lowest BCUT2D eigenvalue weighted by Gasteiger charge is -2.23. The second kappa shape index (κ2) is 7.02. The van der Waals surface area contributed by atoms with Crippen LogP contribution >= 0.6 is 11.3 Å². The third kappa shape index (κ3) is 3.40. The molecule has 1 saturated carbocycles. The van der Waals surface area contributed by atoms with Crippen LogP contribution in [-0.4, -0.2) is 30.4 Å². The minimum absolute atomic E-state index is 0.0342. The van der Waals surface area contributed by atoms with Crippen molar-refractivity contribution in [1.82, 2.24) is 4.98 Å². The normalized spacial score (nSPS) is 25.6. The van der Waals surface area contributed by atoms with Crippen LogP contribution in [0.4, 0.5) is 10.8 Å². The minimum atomic E-state index is -3.77. The number of nitrogens with one attached hydrogen (secondary N) is 2. The average Bonchev–Trinajstić information content (AvgIpc) is 3.38. The number of carbonyl (C=O) groups is 2. The molecular weight excluding hydrogens is 402 g/mol. The molecule has 1 aromatic heterocycles. The highest BCUT2D eigenvalue weighted by molar-refractivity contribution is 7.93. The largest absolute Gasteiger partial charge is 0.481 e. The summed E-state index contributed by atoms with van der Waals surface area (Å²) in [6.45, 7) is 0. The number of carboxylic acid groups (broad SMARTS) is 1. The molecule has 146 valence electrons. The summed E-state index contributed by atoms with van der Waals surface area (Å²) in [6.07, 6.45) is 5.96. The molecule has 0 aliphatic heterocycles. The molecule has 8 nitrogen and oxygen atoms in total.